The molecule has 0 amide bonds. The van der Waals surface area contributed by atoms with Crippen molar-refractivity contribution in [2.45, 2.75) is 50.5 Å². The minimum absolute atomic E-state index is 0.193. The summed E-state index contributed by atoms with van der Waals surface area (Å²) in [6.45, 7) is 12.4. The van der Waals surface area contributed by atoms with Crippen molar-refractivity contribution in [1.29, 1.82) is 0 Å². The van der Waals surface area contributed by atoms with Crippen molar-refractivity contribution in [3.8, 4) is 0 Å². The third-order valence-electron chi connectivity index (χ3n) is 5.03. The van der Waals surface area contributed by atoms with E-state index >= 15 is 0 Å². The van der Waals surface area contributed by atoms with E-state index in [0.717, 1.165) is 0 Å². The van der Waals surface area contributed by atoms with E-state index in [-0.39, 0.29) is 6.61 Å². The van der Waals surface area contributed by atoms with Gasteiger partial charge < -0.3 is 25.1 Å². The second-order valence-electron chi connectivity index (χ2n) is 7.34. The zero-order valence-electron chi connectivity index (χ0n) is 15.3. The number of hydrogen-bond acceptors (Lipinski definition) is 7. The van der Waals surface area contributed by atoms with E-state index in [1.165, 1.54) is 12.5 Å². The van der Waals surface area contributed by atoms with Crippen LogP contribution >= 0.6 is 0 Å². The Kier molecular flexibility index (Phi) is 3.98. The molecule has 2 aliphatic rings. The summed E-state index contributed by atoms with van der Waals surface area (Å²) in [7, 11) is 0. The lowest BCUT2D eigenvalue weighted by Crippen LogP contribution is -2.40. The van der Waals surface area contributed by atoms with Crippen LogP contribution in [0.2, 0.25) is 0 Å². The number of anilines is 1. The summed E-state index contributed by atoms with van der Waals surface area (Å²) in [5.41, 5.74) is 7.20. The van der Waals surface area contributed by atoms with Gasteiger partial charge in [0.15, 0.2) is 17.8 Å². The standard InChI is InChI=1S/C18H21N5O4/c1-17(2)26-15-12(8-24)25-14(18(15,3)27-17)11-7-10(5-6-20-4)13-16(19)21-9-22-23(11)13/h5-7,9,12,14-15,24H,8H2,1-3H3,(H2,19,21,22)/t12-,14+,15-,18+/m1/s1. The summed E-state index contributed by atoms with van der Waals surface area (Å²) in [6, 6.07) is 1.85. The van der Waals surface area contributed by atoms with Crippen molar-refractivity contribution >= 4 is 17.4 Å². The molecule has 142 valence electrons. The van der Waals surface area contributed by atoms with Crippen LogP contribution in [-0.4, -0.2) is 49.9 Å². The van der Waals surface area contributed by atoms with Crippen molar-refractivity contribution in [3.63, 3.8) is 0 Å². The van der Waals surface area contributed by atoms with E-state index in [1.807, 2.05) is 26.8 Å². The highest BCUT2D eigenvalue weighted by molar-refractivity contribution is 5.80. The van der Waals surface area contributed by atoms with Crippen LogP contribution in [0.4, 0.5) is 5.82 Å². The molecular formula is C18H21N5O4. The molecule has 3 N–H and O–H groups in total. The number of aliphatic hydroxyl groups is 1. The summed E-state index contributed by atoms with van der Waals surface area (Å²) < 4.78 is 20.0. The minimum Gasteiger partial charge on any atom is -0.394 e. The van der Waals surface area contributed by atoms with Gasteiger partial charge in [-0.3, -0.25) is 0 Å². The molecule has 4 heterocycles. The topological polar surface area (TPSA) is 108 Å². The van der Waals surface area contributed by atoms with Crippen LogP contribution in [0.25, 0.3) is 16.4 Å². The average Bonchev–Trinajstić information content (AvgIpc) is 3.18. The van der Waals surface area contributed by atoms with Gasteiger partial charge in [0, 0.05) is 0 Å². The van der Waals surface area contributed by atoms with Gasteiger partial charge in [0.05, 0.1) is 18.9 Å². The van der Waals surface area contributed by atoms with Crippen LogP contribution in [0.15, 0.2) is 18.6 Å². The second-order valence-corrected chi connectivity index (χ2v) is 7.34. The van der Waals surface area contributed by atoms with Crippen LogP contribution < -0.4 is 5.73 Å². The maximum absolute atomic E-state index is 9.78. The molecule has 4 atom stereocenters. The number of aliphatic hydroxyl groups excluding tert-OH is 1. The van der Waals surface area contributed by atoms with Crippen LogP contribution in [0.3, 0.4) is 0 Å². The molecule has 9 nitrogen and oxygen atoms in total. The predicted octanol–water partition coefficient (Wildman–Crippen LogP) is 1.54. The highest BCUT2D eigenvalue weighted by Gasteiger charge is 2.64. The third kappa shape index (κ3) is 2.61. The monoisotopic (exact) mass is 371 g/mol. The van der Waals surface area contributed by atoms with Gasteiger partial charge in [-0.2, -0.15) is 5.10 Å². The molecule has 0 spiro atoms. The lowest BCUT2D eigenvalue weighted by Gasteiger charge is -2.29. The zero-order valence-corrected chi connectivity index (χ0v) is 15.3. The Bertz CT molecular complexity index is 963. The fourth-order valence-corrected chi connectivity index (χ4v) is 4.12. The molecule has 9 heteroatoms. The molecule has 2 aliphatic heterocycles. The van der Waals surface area contributed by atoms with E-state index < -0.39 is 29.7 Å². The van der Waals surface area contributed by atoms with Crippen LogP contribution in [0.1, 0.15) is 38.1 Å². The number of hydrogen-bond donors (Lipinski definition) is 2. The molecule has 27 heavy (non-hydrogen) atoms. The summed E-state index contributed by atoms with van der Waals surface area (Å²) in [5, 5.41) is 14.1. The molecule has 2 aromatic rings. The van der Waals surface area contributed by atoms with Crippen molar-refractivity contribution < 1.29 is 19.3 Å². The number of nitrogens with zero attached hydrogens (tertiary/aromatic N) is 4. The Hall–Kier alpha value is -2.51. The van der Waals surface area contributed by atoms with Gasteiger partial charge in [-0.15, -0.1) is 0 Å². The molecule has 0 saturated carbocycles. The van der Waals surface area contributed by atoms with E-state index in [2.05, 4.69) is 14.9 Å². The Labute approximate surface area is 156 Å². The summed E-state index contributed by atoms with van der Waals surface area (Å²) >= 11 is 0. The normalized spacial score (nSPS) is 32.2. The number of nitrogens with two attached hydrogens (primary N) is 1. The van der Waals surface area contributed by atoms with Gasteiger partial charge in [-0.1, -0.05) is 6.08 Å². The lowest BCUT2D eigenvalue weighted by molar-refractivity contribution is -0.207. The van der Waals surface area contributed by atoms with Crippen LogP contribution in [0, 0.1) is 6.57 Å². The van der Waals surface area contributed by atoms with Gasteiger partial charge in [0.2, 0.25) is 0 Å². The first-order valence-electron chi connectivity index (χ1n) is 8.60. The number of fused-ring (bicyclic) bond motifs is 2. The first-order chi connectivity index (χ1) is 12.8. The summed E-state index contributed by atoms with van der Waals surface area (Å²) in [6.07, 6.45) is 2.84. The molecule has 0 aliphatic carbocycles. The molecule has 0 bridgehead atoms. The Morgan fingerprint density at radius 1 is 1.44 bits per heavy atom. The fraction of sp³-hybridized carbons (Fsp3) is 0.500. The molecule has 2 saturated heterocycles. The lowest BCUT2D eigenvalue weighted by atomic mass is 9.91. The number of aromatic nitrogens is 3. The maximum atomic E-state index is 9.78. The molecule has 2 fully saturated rings. The predicted molar refractivity (Wildman–Crippen MR) is 96.2 cm³/mol. The van der Waals surface area contributed by atoms with Gasteiger partial charge in [-0.05, 0) is 32.4 Å². The molecule has 0 radical (unpaired) electrons. The molecule has 0 aromatic carbocycles. The van der Waals surface area contributed by atoms with Crippen molar-refractivity contribution in [3.05, 3.63) is 41.3 Å². The Balaban J connectivity index is 1.89. The van der Waals surface area contributed by atoms with Crippen molar-refractivity contribution in [2.24, 2.45) is 0 Å². The molecule has 0 unspecified atom stereocenters. The first-order valence-corrected chi connectivity index (χ1v) is 8.60. The van der Waals surface area contributed by atoms with Crippen LogP contribution in [-0.2, 0) is 14.2 Å². The maximum Gasteiger partial charge on any atom is 0.164 e. The van der Waals surface area contributed by atoms with Crippen molar-refractivity contribution in [1.82, 2.24) is 14.6 Å². The van der Waals surface area contributed by atoms with Gasteiger partial charge in [0.1, 0.15) is 35.8 Å². The molecular weight excluding hydrogens is 350 g/mol. The first kappa shape index (κ1) is 17.9. The largest absolute Gasteiger partial charge is 0.394 e. The summed E-state index contributed by atoms with van der Waals surface area (Å²) in [4.78, 5) is 7.31. The van der Waals surface area contributed by atoms with Gasteiger partial charge in [-0.25, -0.2) is 14.3 Å². The SMILES string of the molecule is [C-]#[N+]C=Cc1cc([C@@H]2O[C@H](CO)[C@H]3OC(C)(C)O[C@]32C)n2ncnc(N)c12. The fourth-order valence-electron chi connectivity index (χ4n) is 4.12. The summed E-state index contributed by atoms with van der Waals surface area (Å²) in [5.74, 6) is -0.508. The average molecular weight is 371 g/mol. The smallest absolute Gasteiger partial charge is 0.164 e. The number of nitrogen functional groups attached to an aromatic ring is 1. The van der Waals surface area contributed by atoms with E-state index in [1.54, 1.807) is 10.6 Å². The zero-order chi connectivity index (χ0) is 19.4. The Morgan fingerprint density at radius 2 is 2.22 bits per heavy atom. The van der Waals surface area contributed by atoms with E-state index in [4.69, 9.17) is 26.5 Å². The van der Waals surface area contributed by atoms with E-state index in [0.29, 0.717) is 22.6 Å². The van der Waals surface area contributed by atoms with Gasteiger partial charge >= 0.3 is 0 Å². The molecule has 4 rings (SSSR count). The Morgan fingerprint density at radius 3 is 2.93 bits per heavy atom. The quantitative estimate of drug-likeness (QED) is 0.788. The van der Waals surface area contributed by atoms with E-state index in [9.17, 15) is 5.11 Å². The second kappa shape index (κ2) is 6.00. The third-order valence-corrected chi connectivity index (χ3v) is 5.03. The highest BCUT2D eigenvalue weighted by atomic mass is 16.8. The van der Waals surface area contributed by atoms with Crippen LogP contribution in [0.5, 0.6) is 0 Å². The molecule has 2 aromatic heterocycles. The number of rotatable bonds is 3. The highest BCUT2D eigenvalue weighted by Crippen LogP contribution is 2.53. The number of ether oxygens (including phenoxy) is 3. The van der Waals surface area contributed by atoms with Gasteiger partial charge in [0.25, 0.3) is 0 Å². The minimum atomic E-state index is -0.828. The van der Waals surface area contributed by atoms with Crippen molar-refractivity contribution in [2.75, 3.05) is 12.3 Å².